The summed E-state index contributed by atoms with van der Waals surface area (Å²) in [4.78, 5) is 29.6. The average molecular weight is 211 g/mol. The zero-order valence-electron chi connectivity index (χ0n) is 7.64. The average Bonchev–Trinajstić information content (AvgIpc) is 2.17. The molecule has 0 saturated heterocycles. The molecule has 0 radical (unpaired) electrons. The molecule has 7 nitrogen and oxygen atoms in total. The van der Waals surface area contributed by atoms with Crippen LogP contribution in [0.25, 0.3) is 0 Å². The van der Waals surface area contributed by atoms with Crippen LogP contribution in [0.4, 0.5) is 0 Å². The Morgan fingerprint density at radius 3 is 2.87 bits per heavy atom. The molecule has 15 heavy (non-hydrogen) atoms. The van der Waals surface area contributed by atoms with E-state index in [0.717, 1.165) is 0 Å². The standard InChI is InChI=1S/C8H9N3O4/c9-7(13)4-15-11-8(14)5-1-6(12)3-10-2-5/h1-3,12H,4H2,(H2,9,13)(H,11,14). The van der Waals surface area contributed by atoms with Crippen molar-refractivity contribution in [3.63, 3.8) is 0 Å². The Morgan fingerprint density at radius 1 is 1.53 bits per heavy atom. The molecule has 1 aromatic heterocycles. The number of carbonyl (C=O) groups excluding carboxylic acids is 2. The van der Waals surface area contributed by atoms with E-state index in [1.165, 1.54) is 18.5 Å². The van der Waals surface area contributed by atoms with Gasteiger partial charge in [0.05, 0.1) is 11.8 Å². The fourth-order valence-corrected chi connectivity index (χ4v) is 0.784. The molecule has 1 rings (SSSR count). The number of nitrogens with two attached hydrogens (primary N) is 1. The lowest BCUT2D eigenvalue weighted by molar-refractivity contribution is -0.124. The molecule has 0 saturated carbocycles. The molecule has 0 aliphatic rings. The fraction of sp³-hybridized carbons (Fsp3) is 0.125. The maximum absolute atomic E-state index is 11.2. The van der Waals surface area contributed by atoms with Crippen molar-refractivity contribution >= 4 is 11.8 Å². The van der Waals surface area contributed by atoms with E-state index in [1.54, 1.807) is 0 Å². The van der Waals surface area contributed by atoms with Crippen molar-refractivity contribution < 1.29 is 19.5 Å². The Labute approximate surface area is 84.8 Å². The van der Waals surface area contributed by atoms with Crippen molar-refractivity contribution in [2.45, 2.75) is 0 Å². The monoisotopic (exact) mass is 211 g/mol. The number of hydrogen-bond donors (Lipinski definition) is 3. The molecule has 0 spiro atoms. The molecule has 4 N–H and O–H groups in total. The Balaban J connectivity index is 2.50. The van der Waals surface area contributed by atoms with Gasteiger partial charge in [-0.15, -0.1) is 0 Å². The van der Waals surface area contributed by atoms with Crippen LogP contribution >= 0.6 is 0 Å². The van der Waals surface area contributed by atoms with Crippen molar-refractivity contribution in [2.24, 2.45) is 5.73 Å². The minimum absolute atomic E-state index is 0.111. The highest BCUT2D eigenvalue weighted by molar-refractivity contribution is 5.93. The molecule has 1 aromatic rings. The highest BCUT2D eigenvalue weighted by atomic mass is 16.7. The van der Waals surface area contributed by atoms with Crippen LogP contribution in [-0.4, -0.2) is 28.5 Å². The van der Waals surface area contributed by atoms with Gasteiger partial charge in [-0.3, -0.25) is 19.4 Å². The number of amides is 2. The molecule has 0 unspecified atom stereocenters. The van der Waals surface area contributed by atoms with Crippen LogP contribution in [0.15, 0.2) is 18.5 Å². The highest BCUT2D eigenvalue weighted by Crippen LogP contribution is 2.07. The summed E-state index contributed by atoms with van der Waals surface area (Å²) in [5, 5.41) is 9.02. The van der Waals surface area contributed by atoms with Crippen LogP contribution in [0.2, 0.25) is 0 Å². The second-order valence-electron chi connectivity index (χ2n) is 2.62. The first-order valence-electron chi connectivity index (χ1n) is 3.94. The maximum atomic E-state index is 11.2. The zero-order valence-corrected chi connectivity index (χ0v) is 7.64. The van der Waals surface area contributed by atoms with Crippen LogP contribution in [0, 0.1) is 0 Å². The number of primary amides is 1. The molecule has 0 aromatic carbocycles. The minimum Gasteiger partial charge on any atom is -0.506 e. The SMILES string of the molecule is NC(=O)CONC(=O)c1cncc(O)c1. The summed E-state index contributed by atoms with van der Waals surface area (Å²) in [6.45, 7) is -0.419. The maximum Gasteiger partial charge on any atom is 0.276 e. The number of hydroxylamine groups is 1. The Kier molecular flexibility index (Phi) is 3.58. The van der Waals surface area contributed by atoms with Gasteiger partial charge in [0.15, 0.2) is 6.61 Å². The summed E-state index contributed by atoms with van der Waals surface area (Å²) < 4.78 is 0. The van der Waals surface area contributed by atoms with E-state index in [-0.39, 0.29) is 11.3 Å². The largest absolute Gasteiger partial charge is 0.506 e. The second-order valence-corrected chi connectivity index (χ2v) is 2.62. The summed E-state index contributed by atoms with van der Waals surface area (Å²) in [5.74, 6) is -1.47. The molecule has 0 aliphatic carbocycles. The number of pyridine rings is 1. The summed E-state index contributed by atoms with van der Waals surface area (Å²) in [6.07, 6.45) is 2.42. The number of nitrogens with zero attached hydrogens (tertiary/aromatic N) is 1. The molecule has 0 aliphatic heterocycles. The third kappa shape index (κ3) is 3.61. The first-order valence-corrected chi connectivity index (χ1v) is 3.94. The van der Waals surface area contributed by atoms with E-state index >= 15 is 0 Å². The molecule has 1 heterocycles. The predicted molar refractivity (Wildman–Crippen MR) is 48.5 cm³/mol. The normalized spacial score (nSPS) is 9.60. The van der Waals surface area contributed by atoms with Gasteiger partial charge in [0.2, 0.25) is 5.91 Å². The lowest BCUT2D eigenvalue weighted by atomic mass is 10.3. The van der Waals surface area contributed by atoms with Crippen molar-refractivity contribution in [2.75, 3.05) is 6.61 Å². The lowest BCUT2D eigenvalue weighted by Crippen LogP contribution is -2.29. The van der Waals surface area contributed by atoms with Crippen LogP contribution in [-0.2, 0) is 9.63 Å². The van der Waals surface area contributed by atoms with Crippen molar-refractivity contribution in [3.05, 3.63) is 24.0 Å². The summed E-state index contributed by atoms with van der Waals surface area (Å²) in [5.41, 5.74) is 6.85. The summed E-state index contributed by atoms with van der Waals surface area (Å²) >= 11 is 0. The predicted octanol–water partition coefficient (Wildman–Crippen LogP) is -1.07. The van der Waals surface area contributed by atoms with E-state index < -0.39 is 18.4 Å². The smallest absolute Gasteiger partial charge is 0.276 e. The van der Waals surface area contributed by atoms with E-state index in [1.807, 2.05) is 5.48 Å². The van der Waals surface area contributed by atoms with Crippen LogP contribution in [0.3, 0.4) is 0 Å². The molecular formula is C8H9N3O4. The third-order valence-corrected chi connectivity index (χ3v) is 1.37. The van der Waals surface area contributed by atoms with E-state index in [9.17, 15) is 9.59 Å². The molecule has 0 atom stereocenters. The molecule has 0 bridgehead atoms. The summed E-state index contributed by atoms with van der Waals surface area (Å²) in [6, 6.07) is 1.20. The van der Waals surface area contributed by atoms with Crippen molar-refractivity contribution in [1.29, 1.82) is 0 Å². The topological polar surface area (TPSA) is 115 Å². The second kappa shape index (κ2) is 4.91. The first-order chi connectivity index (χ1) is 7.09. The van der Waals surface area contributed by atoms with Gasteiger partial charge >= 0.3 is 0 Å². The number of hydrogen-bond acceptors (Lipinski definition) is 5. The molecule has 7 heteroatoms. The van der Waals surface area contributed by atoms with Gasteiger partial charge in [0.1, 0.15) is 5.75 Å². The Hall–Kier alpha value is -2.15. The van der Waals surface area contributed by atoms with E-state index in [2.05, 4.69) is 9.82 Å². The van der Waals surface area contributed by atoms with Gasteiger partial charge in [0.25, 0.3) is 5.91 Å². The van der Waals surface area contributed by atoms with E-state index in [0.29, 0.717) is 0 Å². The number of carbonyl (C=O) groups is 2. The third-order valence-electron chi connectivity index (χ3n) is 1.37. The van der Waals surface area contributed by atoms with Gasteiger partial charge in [-0.25, -0.2) is 5.48 Å². The minimum atomic E-state index is -0.704. The number of aromatic hydroxyl groups is 1. The highest BCUT2D eigenvalue weighted by Gasteiger charge is 2.06. The number of aromatic nitrogens is 1. The quantitative estimate of drug-likeness (QED) is 0.549. The Bertz CT molecular complexity index is 380. The van der Waals surface area contributed by atoms with Crippen molar-refractivity contribution in [1.82, 2.24) is 10.5 Å². The van der Waals surface area contributed by atoms with Gasteiger partial charge in [-0.2, -0.15) is 0 Å². The van der Waals surface area contributed by atoms with Gasteiger partial charge in [-0.1, -0.05) is 0 Å². The molecule has 2 amide bonds. The van der Waals surface area contributed by atoms with Gasteiger partial charge in [-0.05, 0) is 6.07 Å². The summed E-state index contributed by atoms with van der Waals surface area (Å²) in [7, 11) is 0. The van der Waals surface area contributed by atoms with Crippen molar-refractivity contribution in [3.8, 4) is 5.75 Å². The van der Waals surface area contributed by atoms with Gasteiger partial charge < -0.3 is 10.8 Å². The lowest BCUT2D eigenvalue weighted by Gasteiger charge is -2.03. The zero-order chi connectivity index (χ0) is 11.3. The number of rotatable bonds is 4. The molecule has 0 fully saturated rings. The van der Waals surface area contributed by atoms with Gasteiger partial charge in [0, 0.05) is 6.20 Å². The number of nitrogens with one attached hydrogen (secondary N) is 1. The molecule has 80 valence electrons. The van der Waals surface area contributed by atoms with Crippen LogP contribution < -0.4 is 11.2 Å². The first kappa shape index (κ1) is 10.9. The molecular weight excluding hydrogens is 202 g/mol. The van der Waals surface area contributed by atoms with Crippen LogP contribution in [0.1, 0.15) is 10.4 Å². The Morgan fingerprint density at radius 2 is 2.27 bits per heavy atom. The van der Waals surface area contributed by atoms with Crippen LogP contribution in [0.5, 0.6) is 5.75 Å². The fourth-order valence-electron chi connectivity index (χ4n) is 0.784. The van der Waals surface area contributed by atoms with E-state index in [4.69, 9.17) is 10.8 Å².